The summed E-state index contributed by atoms with van der Waals surface area (Å²) >= 11 is 0. The molecule has 1 aliphatic rings. The zero-order chi connectivity index (χ0) is 19.2. The van der Waals surface area contributed by atoms with Crippen LogP contribution in [0.2, 0.25) is 0 Å². The van der Waals surface area contributed by atoms with Gasteiger partial charge in [0.2, 0.25) is 11.9 Å². The first kappa shape index (κ1) is 18.1. The highest BCUT2D eigenvalue weighted by Gasteiger charge is 2.17. The van der Waals surface area contributed by atoms with E-state index in [0.717, 1.165) is 25.1 Å². The Kier molecular flexibility index (Phi) is 5.58. The van der Waals surface area contributed by atoms with Gasteiger partial charge in [0.1, 0.15) is 0 Å². The minimum atomic E-state index is 0.558. The molecule has 0 aliphatic carbocycles. The van der Waals surface area contributed by atoms with E-state index in [9.17, 15) is 0 Å². The number of nitrogens with zero attached hydrogens (tertiary/aromatic N) is 5. The molecular weight excluding hydrogens is 354 g/mol. The monoisotopic (exact) mass is 377 g/mol. The minimum Gasteiger partial charge on any atom is -0.399 e. The second kappa shape index (κ2) is 8.62. The molecule has 1 aliphatic heterocycles. The molecule has 3 heterocycles. The van der Waals surface area contributed by atoms with Crippen LogP contribution in [0, 0.1) is 0 Å². The van der Waals surface area contributed by atoms with E-state index in [2.05, 4.69) is 30.2 Å². The maximum absolute atomic E-state index is 5.94. The predicted molar refractivity (Wildman–Crippen MR) is 109 cm³/mol. The summed E-state index contributed by atoms with van der Waals surface area (Å²) in [6.07, 6.45) is 4.45. The molecule has 1 fully saturated rings. The molecule has 144 valence electrons. The van der Waals surface area contributed by atoms with Crippen molar-refractivity contribution in [3.63, 3.8) is 0 Å². The predicted octanol–water partition coefficient (Wildman–Crippen LogP) is 2.01. The summed E-state index contributed by atoms with van der Waals surface area (Å²) in [4.78, 5) is 20.1. The molecule has 0 unspecified atom stereocenters. The molecule has 0 amide bonds. The number of rotatable bonds is 6. The molecule has 1 saturated heterocycles. The van der Waals surface area contributed by atoms with Crippen LogP contribution in [0.4, 0.5) is 17.6 Å². The third-order valence-electron chi connectivity index (χ3n) is 4.51. The number of ether oxygens (including phenoxy) is 1. The minimum absolute atomic E-state index is 0.558. The Morgan fingerprint density at radius 1 is 1.04 bits per heavy atom. The highest BCUT2D eigenvalue weighted by atomic mass is 16.5. The van der Waals surface area contributed by atoms with Gasteiger partial charge in [-0.05, 0) is 36.2 Å². The Morgan fingerprint density at radius 2 is 1.86 bits per heavy atom. The quantitative estimate of drug-likeness (QED) is 0.629. The third kappa shape index (κ3) is 4.52. The molecule has 3 aromatic rings. The molecule has 0 saturated carbocycles. The van der Waals surface area contributed by atoms with Crippen LogP contribution in [0.25, 0.3) is 11.4 Å². The van der Waals surface area contributed by atoms with Crippen molar-refractivity contribution in [2.75, 3.05) is 48.8 Å². The van der Waals surface area contributed by atoms with Gasteiger partial charge in [-0.25, -0.2) is 0 Å². The second-order valence-corrected chi connectivity index (χ2v) is 6.54. The number of nitrogens with one attached hydrogen (secondary N) is 1. The van der Waals surface area contributed by atoms with Crippen LogP contribution in [0.5, 0.6) is 0 Å². The van der Waals surface area contributed by atoms with Crippen molar-refractivity contribution in [3.05, 3.63) is 54.4 Å². The summed E-state index contributed by atoms with van der Waals surface area (Å²) in [5.41, 5.74) is 8.70. The Balaban J connectivity index is 1.57. The van der Waals surface area contributed by atoms with Crippen molar-refractivity contribution < 1.29 is 4.74 Å². The lowest BCUT2D eigenvalue weighted by atomic mass is 10.2. The molecule has 0 atom stereocenters. The Morgan fingerprint density at radius 3 is 2.64 bits per heavy atom. The van der Waals surface area contributed by atoms with Crippen molar-refractivity contribution in [2.24, 2.45) is 0 Å². The molecule has 8 heteroatoms. The summed E-state index contributed by atoms with van der Waals surface area (Å²) in [6.45, 7) is 3.58. The van der Waals surface area contributed by atoms with E-state index in [1.54, 1.807) is 12.4 Å². The molecule has 3 N–H and O–H groups in total. The average Bonchev–Trinajstić information content (AvgIpc) is 2.75. The van der Waals surface area contributed by atoms with E-state index in [-0.39, 0.29) is 0 Å². The number of morpholine rings is 1. The van der Waals surface area contributed by atoms with Crippen molar-refractivity contribution in [1.82, 2.24) is 19.9 Å². The molecule has 4 rings (SSSR count). The van der Waals surface area contributed by atoms with Gasteiger partial charge in [-0.3, -0.25) is 4.98 Å². The number of hydrogen-bond acceptors (Lipinski definition) is 8. The summed E-state index contributed by atoms with van der Waals surface area (Å²) in [5.74, 6) is 1.82. The highest BCUT2D eigenvalue weighted by Crippen LogP contribution is 2.22. The van der Waals surface area contributed by atoms with Gasteiger partial charge in [0.15, 0.2) is 5.82 Å². The number of hydrogen-bond donors (Lipinski definition) is 2. The van der Waals surface area contributed by atoms with Crippen molar-refractivity contribution in [2.45, 2.75) is 6.42 Å². The molecule has 8 nitrogen and oxygen atoms in total. The first-order valence-electron chi connectivity index (χ1n) is 9.35. The van der Waals surface area contributed by atoms with Gasteiger partial charge in [-0.1, -0.05) is 12.1 Å². The Labute approximate surface area is 163 Å². The van der Waals surface area contributed by atoms with Crippen molar-refractivity contribution in [1.29, 1.82) is 0 Å². The van der Waals surface area contributed by atoms with Crippen molar-refractivity contribution in [3.8, 4) is 11.4 Å². The number of nitrogen functional groups attached to an aromatic ring is 1. The fourth-order valence-corrected chi connectivity index (χ4v) is 3.02. The van der Waals surface area contributed by atoms with Gasteiger partial charge in [-0.2, -0.15) is 15.0 Å². The fourth-order valence-electron chi connectivity index (χ4n) is 3.02. The second-order valence-electron chi connectivity index (χ2n) is 6.54. The van der Waals surface area contributed by atoms with E-state index in [4.69, 9.17) is 10.5 Å². The zero-order valence-electron chi connectivity index (χ0n) is 15.6. The zero-order valence-corrected chi connectivity index (χ0v) is 15.6. The summed E-state index contributed by atoms with van der Waals surface area (Å²) in [5, 5.41) is 3.33. The fraction of sp³-hybridized carbons (Fsp3) is 0.300. The number of benzene rings is 1. The largest absolute Gasteiger partial charge is 0.399 e. The summed E-state index contributed by atoms with van der Waals surface area (Å²) < 4.78 is 5.45. The molecule has 1 aromatic carbocycles. The smallest absolute Gasteiger partial charge is 0.230 e. The van der Waals surface area contributed by atoms with E-state index in [1.165, 1.54) is 5.56 Å². The lowest BCUT2D eigenvalue weighted by Crippen LogP contribution is -2.37. The van der Waals surface area contributed by atoms with E-state index in [1.807, 2.05) is 36.4 Å². The number of nitrogens with two attached hydrogens (primary N) is 1. The maximum Gasteiger partial charge on any atom is 0.230 e. The topological polar surface area (TPSA) is 102 Å². The molecular formula is C20H23N7O. The highest BCUT2D eigenvalue weighted by molar-refractivity contribution is 5.63. The summed E-state index contributed by atoms with van der Waals surface area (Å²) in [6, 6.07) is 11.6. The Hall–Kier alpha value is -3.26. The van der Waals surface area contributed by atoms with Crippen LogP contribution in [0.3, 0.4) is 0 Å². The van der Waals surface area contributed by atoms with E-state index >= 15 is 0 Å². The lowest BCUT2D eigenvalue weighted by molar-refractivity contribution is 0.122. The first-order valence-corrected chi connectivity index (χ1v) is 9.35. The van der Waals surface area contributed by atoms with Crippen LogP contribution in [-0.4, -0.2) is 52.8 Å². The lowest BCUT2D eigenvalue weighted by Gasteiger charge is -2.27. The molecule has 0 bridgehead atoms. The van der Waals surface area contributed by atoms with Gasteiger partial charge >= 0.3 is 0 Å². The standard InChI is InChI=1S/C20H23N7O/c21-17-3-1-2-16(14-17)18-24-19(23-9-6-15-4-7-22-8-5-15)26-20(25-18)27-10-12-28-13-11-27/h1-5,7-8,14H,6,9-13,21H2,(H,23,24,25,26). The van der Waals surface area contributed by atoms with Crippen LogP contribution in [0.15, 0.2) is 48.8 Å². The van der Waals surface area contributed by atoms with Crippen LogP contribution >= 0.6 is 0 Å². The molecule has 28 heavy (non-hydrogen) atoms. The van der Waals surface area contributed by atoms with Gasteiger partial charge < -0.3 is 20.7 Å². The van der Waals surface area contributed by atoms with Crippen LogP contribution in [-0.2, 0) is 11.2 Å². The van der Waals surface area contributed by atoms with Crippen LogP contribution < -0.4 is 16.0 Å². The Bertz CT molecular complexity index is 913. The number of aromatic nitrogens is 4. The van der Waals surface area contributed by atoms with E-state index < -0.39 is 0 Å². The van der Waals surface area contributed by atoms with Gasteiger partial charge in [-0.15, -0.1) is 0 Å². The molecule has 2 aromatic heterocycles. The molecule has 0 spiro atoms. The van der Waals surface area contributed by atoms with Crippen molar-refractivity contribution >= 4 is 17.6 Å². The van der Waals surface area contributed by atoms with Gasteiger partial charge in [0.05, 0.1) is 13.2 Å². The maximum atomic E-state index is 5.94. The normalized spacial score (nSPS) is 14.1. The third-order valence-corrected chi connectivity index (χ3v) is 4.51. The SMILES string of the molecule is Nc1cccc(-c2nc(NCCc3ccncc3)nc(N3CCOCC3)n2)c1. The summed E-state index contributed by atoms with van der Waals surface area (Å²) in [7, 11) is 0. The first-order chi connectivity index (χ1) is 13.8. The average molecular weight is 377 g/mol. The molecule has 0 radical (unpaired) electrons. The van der Waals surface area contributed by atoms with Gasteiger partial charge in [0.25, 0.3) is 0 Å². The van der Waals surface area contributed by atoms with Crippen LogP contribution in [0.1, 0.15) is 5.56 Å². The number of anilines is 3. The van der Waals surface area contributed by atoms with Gasteiger partial charge in [0, 0.05) is 43.3 Å². The van der Waals surface area contributed by atoms with E-state index in [0.29, 0.717) is 43.2 Å². The number of pyridine rings is 1.